The number of methoxy groups -OCH3 is 1. The van der Waals surface area contributed by atoms with E-state index in [0.29, 0.717) is 37.9 Å². The number of aliphatic hydroxyl groups is 3. The smallest absolute Gasteiger partial charge is 0.229 e. The molecule has 61 heavy (non-hydrogen) atoms. The van der Waals surface area contributed by atoms with E-state index in [1.54, 1.807) is 18.9 Å². The number of rotatable bonds is 12. The molecule has 0 aromatic heterocycles. The lowest BCUT2D eigenvalue weighted by atomic mass is 9.72. The van der Waals surface area contributed by atoms with Crippen LogP contribution in [0.25, 0.3) is 0 Å². The Balaban J connectivity index is 1.06. The van der Waals surface area contributed by atoms with Gasteiger partial charge in [-0.05, 0) is 44.6 Å². The van der Waals surface area contributed by atoms with Gasteiger partial charge in [0.2, 0.25) is 23.5 Å². The predicted octanol–water partition coefficient (Wildman–Crippen LogP) is 1.56. The van der Waals surface area contributed by atoms with E-state index in [1.807, 2.05) is 0 Å². The van der Waals surface area contributed by atoms with E-state index < -0.39 is 95.7 Å². The number of carbonyl (C=O) groups is 6. The zero-order valence-electron chi connectivity index (χ0n) is 34.1. The number of hydrogen-bond acceptors (Lipinski definition) is 15. The number of hydrogen-bond donors (Lipinski definition) is 7. The fourth-order valence-electron chi connectivity index (χ4n) is 9.37. The Kier molecular flexibility index (Phi) is 12.7. The van der Waals surface area contributed by atoms with Crippen molar-refractivity contribution in [2.45, 2.75) is 99.8 Å². The molecule has 2 heterocycles. The number of Topliss-reactive ketones (excluding diaryl/α,β-unsaturated/α-hetero) is 1. The van der Waals surface area contributed by atoms with Crippen molar-refractivity contribution < 1.29 is 68.5 Å². The number of nitrogens with one attached hydrogen (secondary N) is 2. The molecular formula is C43H51N3O14S. The third kappa shape index (κ3) is 8.16. The van der Waals surface area contributed by atoms with Gasteiger partial charge in [0.25, 0.3) is 0 Å². The summed E-state index contributed by atoms with van der Waals surface area (Å²) in [6, 6.07) is 3.44. The summed E-state index contributed by atoms with van der Waals surface area (Å²) in [4.78, 5) is 80.8. The molecule has 5 unspecified atom stereocenters. The Labute approximate surface area is 355 Å². The molecule has 2 aromatic rings. The maximum absolute atomic E-state index is 14.0. The number of benzene rings is 2. The molecule has 2 aromatic carbocycles. The van der Waals surface area contributed by atoms with Gasteiger partial charge in [0.05, 0.1) is 53.1 Å². The Morgan fingerprint density at radius 3 is 2.43 bits per heavy atom. The van der Waals surface area contributed by atoms with Crippen molar-refractivity contribution in [3.8, 4) is 17.2 Å². The molecule has 2 aliphatic heterocycles. The van der Waals surface area contributed by atoms with Gasteiger partial charge in [0.1, 0.15) is 35.6 Å². The molecule has 5 aliphatic rings. The molecule has 7 N–H and O–H groups in total. The zero-order chi connectivity index (χ0) is 44.1. The summed E-state index contributed by atoms with van der Waals surface area (Å²) >= 11 is 1.38. The Morgan fingerprint density at radius 1 is 1.05 bits per heavy atom. The van der Waals surface area contributed by atoms with Gasteiger partial charge in [-0.2, -0.15) is 0 Å². The number of carbonyl (C=O) groups excluding carboxylic acids is 6. The van der Waals surface area contributed by atoms with Crippen LogP contribution in [0, 0.1) is 11.8 Å². The average molecular weight is 866 g/mol. The number of ether oxygens (including phenoxy) is 3. The second kappa shape index (κ2) is 17.5. The van der Waals surface area contributed by atoms with Crippen molar-refractivity contribution in [1.29, 1.82) is 0 Å². The normalized spacial score (nSPS) is 29.7. The molecule has 1 saturated carbocycles. The largest absolute Gasteiger partial charge is 0.507 e. The number of ketones is 3. The molecule has 0 spiro atoms. The quantitative estimate of drug-likeness (QED) is 0.128. The molecule has 2 saturated heterocycles. The molecule has 3 fully saturated rings. The first-order valence-corrected chi connectivity index (χ1v) is 21.4. The summed E-state index contributed by atoms with van der Waals surface area (Å²) in [5.74, 6) is -4.52. The third-order valence-corrected chi connectivity index (χ3v) is 14.1. The zero-order valence-corrected chi connectivity index (χ0v) is 34.9. The van der Waals surface area contributed by atoms with E-state index in [1.165, 1.54) is 37.1 Å². The van der Waals surface area contributed by atoms with Crippen LogP contribution >= 0.6 is 11.8 Å². The molecule has 17 nitrogen and oxygen atoms in total. The van der Waals surface area contributed by atoms with Crippen LogP contribution in [0.3, 0.4) is 0 Å². The maximum atomic E-state index is 14.0. The van der Waals surface area contributed by atoms with Crippen LogP contribution in [0.4, 0.5) is 0 Å². The van der Waals surface area contributed by atoms with Gasteiger partial charge < -0.3 is 55.3 Å². The monoisotopic (exact) mass is 865 g/mol. The fraction of sp³-hybridized carbons (Fsp3) is 0.535. The molecular weight excluding hydrogens is 815 g/mol. The van der Waals surface area contributed by atoms with E-state index in [9.17, 15) is 54.3 Å². The maximum Gasteiger partial charge on any atom is 0.229 e. The van der Waals surface area contributed by atoms with Crippen LogP contribution in [-0.2, 0) is 35.1 Å². The number of thioether (sulfide) groups is 1. The minimum absolute atomic E-state index is 0.0403. The first kappa shape index (κ1) is 44.2. The minimum atomic E-state index is -2.34. The van der Waals surface area contributed by atoms with Crippen molar-refractivity contribution in [3.05, 3.63) is 63.9 Å². The number of nitrogens with zero attached hydrogens (tertiary/aromatic N) is 1. The number of aliphatic hydroxyl groups excluding tert-OH is 2. The van der Waals surface area contributed by atoms with Gasteiger partial charge in [0.15, 0.2) is 17.9 Å². The van der Waals surface area contributed by atoms with Gasteiger partial charge in [-0.15, -0.1) is 11.8 Å². The van der Waals surface area contributed by atoms with E-state index >= 15 is 0 Å². The van der Waals surface area contributed by atoms with Gasteiger partial charge in [0, 0.05) is 67.6 Å². The van der Waals surface area contributed by atoms with Gasteiger partial charge >= 0.3 is 0 Å². The number of amides is 3. The van der Waals surface area contributed by atoms with Crippen LogP contribution in [0.1, 0.15) is 101 Å². The number of phenols is 2. The topological polar surface area (TPSA) is 259 Å². The van der Waals surface area contributed by atoms with Crippen molar-refractivity contribution in [2.24, 2.45) is 11.8 Å². The molecule has 18 heteroatoms. The number of aromatic hydroxyl groups is 2. The van der Waals surface area contributed by atoms with E-state index in [4.69, 9.17) is 14.2 Å². The molecule has 0 bridgehead atoms. The summed E-state index contributed by atoms with van der Waals surface area (Å²) < 4.78 is 17.6. The van der Waals surface area contributed by atoms with Gasteiger partial charge in [-0.25, -0.2) is 0 Å². The highest BCUT2D eigenvalue weighted by molar-refractivity contribution is 8.00. The summed E-state index contributed by atoms with van der Waals surface area (Å²) in [7, 11) is 2.87. The second-order valence-corrected chi connectivity index (χ2v) is 17.7. The second-order valence-electron chi connectivity index (χ2n) is 16.5. The Hall–Kier alpha value is -4.85. The van der Waals surface area contributed by atoms with Crippen LogP contribution < -0.4 is 15.4 Å². The van der Waals surface area contributed by atoms with Gasteiger partial charge in [-0.3, -0.25) is 28.8 Å². The number of fused-ring (bicyclic) bond motifs is 3. The first-order valence-electron chi connectivity index (χ1n) is 20.4. The summed E-state index contributed by atoms with van der Waals surface area (Å²) in [6.45, 7) is 5.09. The van der Waals surface area contributed by atoms with Crippen LogP contribution in [0.5, 0.6) is 17.2 Å². The summed E-state index contributed by atoms with van der Waals surface area (Å²) in [6.07, 6.45) is -3.39. The highest BCUT2D eigenvalue weighted by atomic mass is 32.2. The highest BCUT2D eigenvalue weighted by Crippen LogP contribution is 2.52. The van der Waals surface area contributed by atoms with E-state index in [-0.39, 0.29) is 81.4 Å². The van der Waals surface area contributed by atoms with Crippen molar-refractivity contribution in [2.75, 3.05) is 33.1 Å². The molecule has 7 atom stereocenters. The van der Waals surface area contributed by atoms with Crippen LogP contribution in [0.2, 0.25) is 0 Å². The SMILES string of the molecule is C=C1C(SCC(=O)NC)CC(=O)N1CC1CCC(C(=O)NC2CC(O[C@H]3C[C@](O)(C(=O)CO)Cc4c(O)c5c(c(O)c43)C(=O)c3c(OC)cccc3C5=O)OC(C)C2O)CC1. The molecule has 7 rings (SSSR count). The molecule has 0 radical (unpaired) electrons. The van der Waals surface area contributed by atoms with E-state index in [0.717, 1.165) is 0 Å². The predicted molar refractivity (Wildman–Crippen MR) is 217 cm³/mol. The van der Waals surface area contributed by atoms with Gasteiger partial charge in [-0.1, -0.05) is 18.7 Å². The summed E-state index contributed by atoms with van der Waals surface area (Å²) in [5, 5.41) is 61.4. The fourth-order valence-corrected chi connectivity index (χ4v) is 10.4. The standard InChI is InChI=1S/C43H51N3O14S/c1-19-28(61-18-30(49)44-3)13-31(50)46(19)16-21-8-10-22(11-9-21)42(56)45-25-12-32(59-20(2)37(25)51)60-27-15-43(57,29(48)17-47)14-24-34(27)41(55)36-35(39(24)53)38(52)23-6-5-7-26(58-4)33(23)40(36)54/h5-7,20-22,25,27-28,32,37,47,51,53,55,57H,1,8-18H2,2-4H3,(H,44,49)(H,45,56)/t20?,21?,22?,25?,27-,28?,32?,37?,43-/m0/s1. The summed E-state index contributed by atoms with van der Waals surface area (Å²) in [5.41, 5.74) is -3.34. The van der Waals surface area contributed by atoms with Crippen molar-refractivity contribution in [3.63, 3.8) is 0 Å². The third-order valence-electron chi connectivity index (χ3n) is 12.8. The number of phenolic OH excluding ortho intramolecular Hbond substituents is 2. The minimum Gasteiger partial charge on any atom is -0.507 e. The number of likely N-dealkylation sites (tertiary alicyclic amines) is 1. The van der Waals surface area contributed by atoms with Crippen LogP contribution in [-0.4, -0.2) is 134 Å². The van der Waals surface area contributed by atoms with E-state index in [2.05, 4.69) is 17.2 Å². The highest BCUT2D eigenvalue weighted by Gasteiger charge is 2.50. The van der Waals surface area contributed by atoms with Crippen molar-refractivity contribution in [1.82, 2.24) is 15.5 Å². The Morgan fingerprint density at radius 2 is 1.75 bits per heavy atom. The molecule has 328 valence electrons. The average Bonchev–Trinajstić information content (AvgIpc) is 3.51. The lowest BCUT2D eigenvalue weighted by Crippen LogP contribution is -2.56. The molecule has 3 amide bonds. The Bertz CT molecular complexity index is 2170. The lowest BCUT2D eigenvalue weighted by molar-refractivity contribution is -0.249. The lowest BCUT2D eigenvalue weighted by Gasteiger charge is -2.43. The van der Waals surface area contributed by atoms with Crippen molar-refractivity contribution >= 4 is 46.8 Å². The van der Waals surface area contributed by atoms with Crippen LogP contribution in [0.15, 0.2) is 30.5 Å². The first-order chi connectivity index (χ1) is 29.0. The molecule has 3 aliphatic carbocycles.